The molecule has 0 saturated carbocycles. The lowest BCUT2D eigenvalue weighted by Crippen LogP contribution is -2.49. The zero-order valence-electron chi connectivity index (χ0n) is 23.9. The number of nitrogens with zero attached hydrogens (tertiary/aromatic N) is 6. The van der Waals surface area contributed by atoms with Gasteiger partial charge in [0.1, 0.15) is 17.5 Å². The minimum Gasteiger partial charge on any atom is -0.435 e. The number of fused-ring (bicyclic) bond motifs is 3. The van der Waals surface area contributed by atoms with E-state index in [2.05, 4.69) is 9.58 Å². The quantitative estimate of drug-likeness (QED) is 0.361. The molecule has 2 aliphatic heterocycles. The third-order valence-corrected chi connectivity index (χ3v) is 8.24. The van der Waals surface area contributed by atoms with Gasteiger partial charge in [-0.1, -0.05) is 35.9 Å². The van der Waals surface area contributed by atoms with Gasteiger partial charge in [0.05, 0.1) is 31.4 Å². The Kier molecular flexibility index (Phi) is 8.12. The van der Waals surface area contributed by atoms with E-state index in [4.69, 9.17) is 23.3 Å². The Labute approximate surface area is 252 Å². The van der Waals surface area contributed by atoms with Crippen LogP contribution >= 0.6 is 11.6 Å². The van der Waals surface area contributed by atoms with E-state index in [1.54, 1.807) is 49.0 Å². The molecule has 3 atom stereocenters. The van der Waals surface area contributed by atoms with Gasteiger partial charge in [-0.05, 0) is 37.6 Å². The van der Waals surface area contributed by atoms with Crippen molar-refractivity contribution in [3.8, 4) is 5.75 Å². The summed E-state index contributed by atoms with van der Waals surface area (Å²) in [6, 6.07) is 8.93. The summed E-state index contributed by atoms with van der Waals surface area (Å²) in [5, 5.41) is 4.98. The predicted octanol–water partition coefficient (Wildman–Crippen LogP) is 5.12. The highest BCUT2D eigenvalue weighted by atomic mass is 35.5. The number of hydrogen-bond donors (Lipinski definition) is 0. The average molecular weight is 611 g/mol. The SMILES string of the molecule is [C-]#[N+]c1cc(C(=O)N2Cc3c(nn4c3C(=O)N([C@@H](C)c3ccc(OC(F)F)cc3)C[C@H]4C(=O)N(C)C)C[C@H]2C)ccc1Cl. The van der Waals surface area contributed by atoms with E-state index in [-0.39, 0.29) is 59.0 Å². The minimum atomic E-state index is -2.96. The molecule has 0 saturated heterocycles. The molecule has 3 amide bonds. The Morgan fingerprint density at radius 1 is 1.19 bits per heavy atom. The van der Waals surface area contributed by atoms with Gasteiger partial charge in [-0.15, -0.1) is 0 Å². The summed E-state index contributed by atoms with van der Waals surface area (Å²) in [7, 11) is 3.26. The van der Waals surface area contributed by atoms with Crippen molar-refractivity contribution >= 4 is 35.0 Å². The van der Waals surface area contributed by atoms with Gasteiger partial charge in [-0.3, -0.25) is 14.4 Å². The number of likely N-dealkylation sites (N-methyl/N-ethyl adjacent to an activating group) is 1. The van der Waals surface area contributed by atoms with E-state index < -0.39 is 18.7 Å². The molecule has 2 aliphatic rings. The van der Waals surface area contributed by atoms with Crippen LogP contribution in [0.15, 0.2) is 42.5 Å². The first-order chi connectivity index (χ1) is 20.4. The maximum Gasteiger partial charge on any atom is 0.387 e. The van der Waals surface area contributed by atoms with Crippen molar-refractivity contribution in [2.75, 3.05) is 20.6 Å². The number of ether oxygens (including phenoxy) is 1. The molecule has 0 spiro atoms. The molecular weight excluding hydrogens is 582 g/mol. The van der Waals surface area contributed by atoms with Crippen LogP contribution in [0.3, 0.4) is 0 Å². The van der Waals surface area contributed by atoms with Crippen molar-refractivity contribution in [2.45, 2.75) is 51.6 Å². The summed E-state index contributed by atoms with van der Waals surface area (Å²) in [4.78, 5) is 49.2. The summed E-state index contributed by atoms with van der Waals surface area (Å²) in [6.07, 6.45) is 0.363. The second-order valence-corrected chi connectivity index (χ2v) is 11.2. The molecule has 1 aromatic heterocycles. The van der Waals surface area contributed by atoms with E-state index in [9.17, 15) is 23.2 Å². The van der Waals surface area contributed by atoms with Gasteiger partial charge < -0.3 is 19.4 Å². The van der Waals surface area contributed by atoms with Crippen molar-refractivity contribution in [1.82, 2.24) is 24.5 Å². The average Bonchev–Trinajstić information content (AvgIpc) is 3.34. The minimum absolute atomic E-state index is 0.00758. The first-order valence-electron chi connectivity index (χ1n) is 13.6. The van der Waals surface area contributed by atoms with Gasteiger partial charge in [-0.2, -0.15) is 13.9 Å². The molecule has 224 valence electrons. The molecule has 0 bridgehead atoms. The third kappa shape index (κ3) is 5.52. The van der Waals surface area contributed by atoms with E-state index in [0.29, 0.717) is 28.8 Å². The molecular formula is C30H29ClF2N6O4. The van der Waals surface area contributed by atoms with Gasteiger partial charge in [0, 0.05) is 42.7 Å². The summed E-state index contributed by atoms with van der Waals surface area (Å²) in [5.74, 6) is -0.937. The van der Waals surface area contributed by atoms with Crippen LogP contribution in [-0.4, -0.2) is 75.5 Å². The van der Waals surface area contributed by atoms with Gasteiger partial charge in [0.25, 0.3) is 11.8 Å². The lowest BCUT2D eigenvalue weighted by molar-refractivity contribution is -0.133. The van der Waals surface area contributed by atoms with Gasteiger partial charge >= 0.3 is 6.61 Å². The van der Waals surface area contributed by atoms with Crippen LogP contribution in [0.2, 0.25) is 5.02 Å². The summed E-state index contributed by atoms with van der Waals surface area (Å²) >= 11 is 6.08. The van der Waals surface area contributed by atoms with Crippen LogP contribution in [0, 0.1) is 6.57 Å². The largest absolute Gasteiger partial charge is 0.435 e. The molecule has 5 rings (SSSR count). The highest BCUT2D eigenvalue weighted by Crippen LogP contribution is 2.36. The monoisotopic (exact) mass is 610 g/mol. The molecule has 43 heavy (non-hydrogen) atoms. The Hall–Kier alpha value is -4.50. The van der Waals surface area contributed by atoms with E-state index in [1.807, 2.05) is 6.92 Å². The normalized spacial score (nSPS) is 18.5. The lowest BCUT2D eigenvalue weighted by Gasteiger charge is -2.38. The van der Waals surface area contributed by atoms with Crippen LogP contribution < -0.4 is 4.74 Å². The number of aromatic nitrogens is 2. The number of alkyl halides is 2. The first-order valence-corrected chi connectivity index (χ1v) is 13.9. The molecule has 3 aromatic rings. The highest BCUT2D eigenvalue weighted by Gasteiger charge is 2.44. The topological polar surface area (TPSA) is 92.3 Å². The number of rotatable bonds is 6. The summed E-state index contributed by atoms with van der Waals surface area (Å²) in [5.41, 5.74) is 2.56. The smallest absolute Gasteiger partial charge is 0.387 e. The molecule has 10 nitrogen and oxygen atoms in total. The van der Waals surface area contributed by atoms with Gasteiger partial charge in [-0.25, -0.2) is 9.53 Å². The molecule has 0 unspecified atom stereocenters. The number of hydrogen-bond acceptors (Lipinski definition) is 5. The van der Waals surface area contributed by atoms with Crippen molar-refractivity contribution in [2.24, 2.45) is 0 Å². The second kappa shape index (κ2) is 11.6. The standard InChI is InChI=1S/C30H29ClF2N6O4/c1-16-12-23-21(14-37(16)27(40)19-8-11-22(31)24(13-19)34-3)26-29(42)38(15-25(39(26)35-23)28(41)36(4)5)17(2)18-6-9-20(10-7-18)43-30(32)33/h6-11,13,16-17,25,30H,12,14-15H2,1-2,4-5H3/t16-,17+,25+/m1/s1. The summed E-state index contributed by atoms with van der Waals surface area (Å²) in [6.45, 7) is 8.18. The lowest BCUT2D eigenvalue weighted by atomic mass is 9.96. The number of amides is 3. The van der Waals surface area contributed by atoms with Crippen LogP contribution in [0.4, 0.5) is 14.5 Å². The fourth-order valence-electron chi connectivity index (χ4n) is 5.59. The number of carbonyl (C=O) groups excluding carboxylic acids is 3. The zero-order chi connectivity index (χ0) is 31.2. The summed E-state index contributed by atoms with van der Waals surface area (Å²) < 4.78 is 31.2. The predicted molar refractivity (Wildman–Crippen MR) is 153 cm³/mol. The second-order valence-electron chi connectivity index (χ2n) is 10.8. The Morgan fingerprint density at radius 3 is 2.51 bits per heavy atom. The van der Waals surface area contributed by atoms with Crippen molar-refractivity contribution < 1.29 is 27.9 Å². The number of halogens is 3. The Morgan fingerprint density at radius 2 is 1.88 bits per heavy atom. The Bertz CT molecular complexity index is 1630. The molecule has 3 heterocycles. The van der Waals surface area contributed by atoms with Crippen LogP contribution in [0.1, 0.15) is 63.6 Å². The van der Waals surface area contributed by atoms with Crippen molar-refractivity contribution in [3.05, 3.63) is 87.0 Å². The maximum absolute atomic E-state index is 14.1. The van der Waals surface area contributed by atoms with Gasteiger partial charge in [0.2, 0.25) is 11.6 Å². The maximum atomic E-state index is 14.1. The number of carbonyl (C=O) groups is 3. The van der Waals surface area contributed by atoms with E-state index in [0.717, 1.165) is 0 Å². The van der Waals surface area contributed by atoms with Crippen LogP contribution in [0.25, 0.3) is 4.85 Å². The molecule has 2 aromatic carbocycles. The molecule has 0 fully saturated rings. The van der Waals surface area contributed by atoms with Crippen LogP contribution in [0.5, 0.6) is 5.75 Å². The van der Waals surface area contributed by atoms with Gasteiger partial charge in [0.15, 0.2) is 0 Å². The molecule has 0 aliphatic carbocycles. The molecule has 0 N–H and O–H groups in total. The number of benzene rings is 2. The third-order valence-electron chi connectivity index (χ3n) is 7.92. The van der Waals surface area contributed by atoms with E-state index in [1.165, 1.54) is 33.8 Å². The van der Waals surface area contributed by atoms with Crippen molar-refractivity contribution in [1.29, 1.82) is 0 Å². The molecule has 13 heteroatoms. The highest BCUT2D eigenvalue weighted by molar-refractivity contribution is 6.33. The first kappa shape index (κ1) is 30.0. The van der Waals surface area contributed by atoms with Crippen molar-refractivity contribution in [3.63, 3.8) is 0 Å². The van der Waals surface area contributed by atoms with Crippen LogP contribution in [-0.2, 0) is 17.8 Å². The fourth-order valence-corrected chi connectivity index (χ4v) is 5.75. The molecule has 0 radical (unpaired) electrons. The fraction of sp³-hybridized carbons (Fsp3) is 0.367. The van der Waals surface area contributed by atoms with E-state index >= 15 is 0 Å². The Balaban J connectivity index is 1.52. The zero-order valence-corrected chi connectivity index (χ0v) is 24.7.